The molecular weight excluding hydrogens is 386 g/mol. The predicted molar refractivity (Wildman–Crippen MR) is 117 cm³/mol. The molecule has 7 heteroatoms. The van der Waals surface area contributed by atoms with E-state index < -0.39 is 10.0 Å². The molecule has 1 saturated heterocycles. The van der Waals surface area contributed by atoms with E-state index in [1.165, 1.54) is 10.6 Å². The molecule has 0 radical (unpaired) electrons. The fraction of sp³-hybridized carbons (Fsp3) is 0.409. The van der Waals surface area contributed by atoms with Gasteiger partial charge in [-0.1, -0.05) is 24.3 Å². The maximum absolute atomic E-state index is 12.5. The zero-order valence-electron chi connectivity index (χ0n) is 17.3. The molecule has 6 nitrogen and oxygen atoms in total. The highest BCUT2D eigenvalue weighted by Crippen LogP contribution is 2.22. The van der Waals surface area contributed by atoms with Gasteiger partial charge in [0, 0.05) is 11.6 Å². The van der Waals surface area contributed by atoms with Crippen molar-refractivity contribution in [3.8, 4) is 0 Å². The molecule has 1 fully saturated rings. The number of carbonyl (C=O) groups excluding carboxylic acids is 1. The second-order valence-electron chi connectivity index (χ2n) is 7.86. The third-order valence-electron chi connectivity index (χ3n) is 5.29. The molecule has 1 aliphatic heterocycles. The van der Waals surface area contributed by atoms with Crippen LogP contribution in [0.15, 0.2) is 48.5 Å². The molecule has 0 spiro atoms. The minimum absolute atomic E-state index is 0.0789. The van der Waals surface area contributed by atoms with Gasteiger partial charge in [-0.05, 0) is 75.3 Å². The molecule has 29 heavy (non-hydrogen) atoms. The summed E-state index contributed by atoms with van der Waals surface area (Å²) in [6, 6.07) is 14.8. The van der Waals surface area contributed by atoms with Gasteiger partial charge < -0.3 is 10.2 Å². The summed E-state index contributed by atoms with van der Waals surface area (Å²) < 4.78 is 26.0. The topological polar surface area (TPSA) is 69.7 Å². The van der Waals surface area contributed by atoms with Gasteiger partial charge in [-0.25, -0.2) is 8.42 Å². The lowest BCUT2D eigenvalue weighted by molar-refractivity contribution is 0.0917. The Hall–Kier alpha value is -2.38. The van der Waals surface area contributed by atoms with Crippen LogP contribution in [0.5, 0.6) is 0 Å². The minimum atomic E-state index is -3.43. The Morgan fingerprint density at radius 2 is 1.79 bits per heavy atom. The van der Waals surface area contributed by atoms with Crippen LogP contribution in [0.1, 0.15) is 34.3 Å². The number of aryl methyl sites for hydroxylation is 1. The largest absolute Gasteiger partial charge is 0.349 e. The molecule has 2 aromatic carbocycles. The number of hydrogen-bond donors (Lipinski definition) is 1. The summed E-state index contributed by atoms with van der Waals surface area (Å²) in [5.41, 5.74) is 3.05. The molecule has 0 aliphatic carbocycles. The van der Waals surface area contributed by atoms with Gasteiger partial charge in [-0.15, -0.1) is 0 Å². The van der Waals surface area contributed by atoms with Crippen LogP contribution in [0.4, 0.5) is 5.69 Å². The average molecular weight is 416 g/mol. The SMILES string of the molecule is Cc1cccc(N(Cc2ccc(C(=O)NC3CCN(C)CC3)cc2)S(C)(=O)=O)c1. The maximum Gasteiger partial charge on any atom is 0.251 e. The highest BCUT2D eigenvalue weighted by molar-refractivity contribution is 7.92. The number of rotatable bonds is 6. The first-order valence-electron chi connectivity index (χ1n) is 9.85. The van der Waals surface area contributed by atoms with Crippen molar-refractivity contribution in [1.82, 2.24) is 10.2 Å². The van der Waals surface area contributed by atoms with Gasteiger partial charge in [0.05, 0.1) is 18.5 Å². The third-order valence-corrected chi connectivity index (χ3v) is 6.43. The van der Waals surface area contributed by atoms with E-state index in [-0.39, 0.29) is 18.5 Å². The van der Waals surface area contributed by atoms with Crippen molar-refractivity contribution in [1.29, 1.82) is 0 Å². The molecule has 3 rings (SSSR count). The monoisotopic (exact) mass is 415 g/mol. The first-order chi connectivity index (χ1) is 13.7. The van der Waals surface area contributed by atoms with Crippen LogP contribution in [-0.4, -0.2) is 51.7 Å². The quantitative estimate of drug-likeness (QED) is 0.788. The Balaban J connectivity index is 1.69. The minimum Gasteiger partial charge on any atom is -0.349 e. The molecule has 1 N–H and O–H groups in total. The van der Waals surface area contributed by atoms with Crippen LogP contribution < -0.4 is 9.62 Å². The number of carbonyl (C=O) groups is 1. The fourth-order valence-corrected chi connectivity index (χ4v) is 4.41. The van der Waals surface area contributed by atoms with E-state index >= 15 is 0 Å². The Morgan fingerprint density at radius 3 is 2.38 bits per heavy atom. The molecule has 1 aliphatic rings. The number of piperidine rings is 1. The van der Waals surface area contributed by atoms with E-state index in [0.29, 0.717) is 11.3 Å². The number of hydrogen-bond acceptors (Lipinski definition) is 4. The van der Waals surface area contributed by atoms with Crippen molar-refractivity contribution < 1.29 is 13.2 Å². The summed E-state index contributed by atoms with van der Waals surface area (Å²) >= 11 is 0. The van der Waals surface area contributed by atoms with Gasteiger partial charge in [0.2, 0.25) is 10.0 Å². The van der Waals surface area contributed by atoms with Gasteiger partial charge in [0.1, 0.15) is 0 Å². The van der Waals surface area contributed by atoms with E-state index in [2.05, 4.69) is 17.3 Å². The van der Waals surface area contributed by atoms with Crippen molar-refractivity contribution in [3.63, 3.8) is 0 Å². The van der Waals surface area contributed by atoms with E-state index in [9.17, 15) is 13.2 Å². The van der Waals surface area contributed by atoms with E-state index in [0.717, 1.165) is 37.1 Å². The first-order valence-corrected chi connectivity index (χ1v) is 11.7. The van der Waals surface area contributed by atoms with E-state index in [4.69, 9.17) is 0 Å². The average Bonchev–Trinajstić information content (AvgIpc) is 2.67. The highest BCUT2D eigenvalue weighted by atomic mass is 32.2. The lowest BCUT2D eigenvalue weighted by atomic mass is 10.0. The molecule has 156 valence electrons. The zero-order valence-corrected chi connectivity index (χ0v) is 18.1. The van der Waals surface area contributed by atoms with Gasteiger partial charge in [0.15, 0.2) is 0 Å². The Kier molecular flexibility index (Phi) is 6.59. The molecule has 0 atom stereocenters. The van der Waals surface area contributed by atoms with Crippen LogP contribution in [0.25, 0.3) is 0 Å². The van der Waals surface area contributed by atoms with Gasteiger partial charge >= 0.3 is 0 Å². The summed E-state index contributed by atoms with van der Waals surface area (Å²) in [6.45, 7) is 4.13. The molecule has 0 saturated carbocycles. The molecular formula is C22H29N3O3S. The van der Waals surface area contributed by atoms with Gasteiger partial charge in [-0.3, -0.25) is 9.10 Å². The number of sulfonamides is 1. The van der Waals surface area contributed by atoms with Crippen molar-refractivity contribution in [2.45, 2.75) is 32.4 Å². The molecule has 0 bridgehead atoms. The van der Waals surface area contributed by atoms with E-state index in [1.54, 1.807) is 18.2 Å². The Bertz CT molecular complexity index is 950. The van der Waals surface area contributed by atoms with E-state index in [1.807, 2.05) is 37.3 Å². The van der Waals surface area contributed by atoms with Crippen molar-refractivity contribution in [2.24, 2.45) is 0 Å². The molecule has 0 unspecified atom stereocenters. The summed E-state index contributed by atoms with van der Waals surface area (Å²) in [7, 11) is -1.34. The zero-order chi connectivity index (χ0) is 21.0. The number of nitrogens with one attached hydrogen (secondary N) is 1. The summed E-state index contributed by atoms with van der Waals surface area (Å²) in [5.74, 6) is -0.0789. The standard InChI is InChI=1S/C22H29N3O3S/c1-17-5-4-6-21(15-17)25(29(3,27)28)16-18-7-9-19(10-8-18)22(26)23-20-11-13-24(2)14-12-20/h4-10,15,20H,11-14,16H2,1-3H3,(H,23,26). The second kappa shape index (κ2) is 8.97. The summed E-state index contributed by atoms with van der Waals surface area (Å²) in [4.78, 5) is 14.8. The molecule has 2 aromatic rings. The van der Waals surface area contributed by atoms with Crippen molar-refractivity contribution in [3.05, 3.63) is 65.2 Å². The molecule has 1 heterocycles. The third kappa shape index (κ3) is 5.81. The predicted octanol–water partition coefficient (Wildman–Crippen LogP) is 2.79. The lowest BCUT2D eigenvalue weighted by Gasteiger charge is -2.29. The number of likely N-dealkylation sites (tertiary alicyclic amines) is 1. The van der Waals surface area contributed by atoms with Crippen molar-refractivity contribution in [2.75, 3.05) is 30.7 Å². The fourth-order valence-electron chi connectivity index (χ4n) is 3.53. The van der Waals surface area contributed by atoms with Crippen LogP contribution in [0.2, 0.25) is 0 Å². The van der Waals surface area contributed by atoms with Gasteiger partial charge in [-0.2, -0.15) is 0 Å². The van der Waals surface area contributed by atoms with Crippen LogP contribution in [0.3, 0.4) is 0 Å². The normalized spacial score (nSPS) is 15.8. The van der Waals surface area contributed by atoms with Crippen LogP contribution >= 0.6 is 0 Å². The van der Waals surface area contributed by atoms with Gasteiger partial charge in [0.25, 0.3) is 5.91 Å². The Labute approximate surface area is 173 Å². The molecule has 1 amide bonds. The highest BCUT2D eigenvalue weighted by Gasteiger charge is 2.20. The maximum atomic E-state index is 12.5. The number of benzene rings is 2. The van der Waals surface area contributed by atoms with Crippen molar-refractivity contribution >= 4 is 21.6 Å². The summed E-state index contributed by atoms with van der Waals surface area (Å²) in [5, 5.41) is 3.10. The number of amides is 1. The lowest BCUT2D eigenvalue weighted by Crippen LogP contribution is -2.43. The number of anilines is 1. The summed E-state index contributed by atoms with van der Waals surface area (Å²) in [6.07, 6.45) is 3.12. The van der Waals surface area contributed by atoms with Crippen LogP contribution in [0, 0.1) is 6.92 Å². The Morgan fingerprint density at radius 1 is 1.14 bits per heavy atom. The van der Waals surface area contributed by atoms with Crippen LogP contribution in [-0.2, 0) is 16.6 Å². The smallest absolute Gasteiger partial charge is 0.251 e. The number of nitrogens with zero attached hydrogens (tertiary/aromatic N) is 2. The first kappa shape index (κ1) is 21.3. The second-order valence-corrected chi connectivity index (χ2v) is 9.76. The molecule has 0 aromatic heterocycles.